The number of halogens is 1. The number of benzene rings is 3. The minimum absolute atomic E-state index is 0.00967. The summed E-state index contributed by atoms with van der Waals surface area (Å²) in [6, 6.07) is 16.9. The summed E-state index contributed by atoms with van der Waals surface area (Å²) in [7, 11) is -0.921. The Morgan fingerprint density at radius 1 is 1.00 bits per heavy atom. The number of sulfonamides is 1. The molecule has 0 saturated carbocycles. The quantitative estimate of drug-likeness (QED) is 0.182. The molecule has 3 aromatic carbocycles. The fraction of sp³-hybridized carbons (Fsp3) is 0.344. The van der Waals surface area contributed by atoms with Crippen LogP contribution in [0, 0.1) is 11.7 Å². The number of nitrogens with zero attached hydrogens (tertiary/aromatic N) is 2. The van der Waals surface area contributed by atoms with E-state index in [4.69, 9.17) is 18.9 Å². The molecule has 1 saturated heterocycles. The zero-order valence-corrected chi connectivity index (χ0v) is 25.3. The predicted molar refractivity (Wildman–Crippen MR) is 164 cm³/mol. The third-order valence-corrected chi connectivity index (χ3v) is 8.70. The van der Waals surface area contributed by atoms with Crippen LogP contribution in [0.1, 0.15) is 26.2 Å². The second-order valence-corrected chi connectivity index (χ2v) is 12.3. The summed E-state index contributed by atoms with van der Waals surface area (Å²) in [4.78, 5) is 7.02. The maximum Gasteiger partial charge on any atom is 0.262 e. The Morgan fingerprint density at radius 3 is 2.63 bits per heavy atom. The van der Waals surface area contributed by atoms with Gasteiger partial charge in [-0.25, -0.2) is 17.8 Å². The van der Waals surface area contributed by atoms with Crippen LogP contribution in [-0.2, 0) is 10.0 Å². The molecule has 1 fully saturated rings. The fourth-order valence-electron chi connectivity index (χ4n) is 5.14. The number of ether oxygens (including phenoxy) is 4. The number of hydrogen-bond donors (Lipinski definition) is 1. The van der Waals surface area contributed by atoms with E-state index < -0.39 is 15.8 Å². The van der Waals surface area contributed by atoms with Gasteiger partial charge in [-0.15, -0.1) is 0 Å². The van der Waals surface area contributed by atoms with Gasteiger partial charge in [0.25, 0.3) is 10.0 Å². The van der Waals surface area contributed by atoms with Gasteiger partial charge in [0.1, 0.15) is 5.75 Å². The molecule has 1 aromatic heterocycles. The standard InChI is InChI=1S/C32H36FN3O6S/c1-22-7-5-14-36(21-22)15-6-16-41-31-20-28-23(17-30(31)40-3)10-13-32(34-28)42-29-12-11-24(18-27(29)33)35-43(37,38)26-9-4-8-25(19-26)39-2/h4,8-13,17-20,22,35H,5-7,14-16,21H2,1-3H3. The van der Waals surface area contributed by atoms with E-state index in [1.807, 2.05) is 6.07 Å². The number of fused-ring (bicyclic) bond motifs is 1. The fourth-order valence-corrected chi connectivity index (χ4v) is 6.23. The molecule has 228 valence electrons. The van der Waals surface area contributed by atoms with Gasteiger partial charge in [-0.3, -0.25) is 4.72 Å². The van der Waals surface area contributed by atoms with Crippen molar-refractivity contribution in [3.8, 4) is 28.9 Å². The third-order valence-electron chi connectivity index (χ3n) is 7.32. The second-order valence-electron chi connectivity index (χ2n) is 10.6. The van der Waals surface area contributed by atoms with Crippen molar-refractivity contribution >= 4 is 26.6 Å². The first-order chi connectivity index (χ1) is 20.7. The van der Waals surface area contributed by atoms with Gasteiger partial charge < -0.3 is 23.8 Å². The largest absolute Gasteiger partial charge is 0.497 e. The molecule has 2 heterocycles. The van der Waals surface area contributed by atoms with E-state index in [-0.39, 0.29) is 22.2 Å². The number of hydrogen-bond acceptors (Lipinski definition) is 8. The zero-order valence-electron chi connectivity index (χ0n) is 24.5. The SMILES string of the molecule is COc1cccc(S(=O)(=O)Nc2ccc(Oc3ccc4cc(OC)c(OCCCN5CCCC(C)C5)cc4n3)c(F)c2)c1. The van der Waals surface area contributed by atoms with Crippen LogP contribution in [0.15, 0.2) is 71.6 Å². The smallest absolute Gasteiger partial charge is 0.262 e. The van der Waals surface area contributed by atoms with E-state index in [1.165, 1.54) is 44.2 Å². The maximum absolute atomic E-state index is 15.0. The highest BCUT2D eigenvalue weighted by atomic mass is 32.2. The predicted octanol–water partition coefficient (Wildman–Crippen LogP) is 6.49. The average molecular weight is 610 g/mol. The van der Waals surface area contributed by atoms with Crippen molar-refractivity contribution < 1.29 is 31.8 Å². The Hall–Kier alpha value is -4.09. The number of likely N-dealkylation sites (tertiary alicyclic amines) is 1. The molecule has 0 radical (unpaired) electrons. The molecule has 5 rings (SSSR count). The molecular weight excluding hydrogens is 573 g/mol. The van der Waals surface area contributed by atoms with Crippen molar-refractivity contribution in [2.75, 3.05) is 45.2 Å². The van der Waals surface area contributed by atoms with E-state index in [0.717, 1.165) is 43.4 Å². The molecule has 4 aromatic rings. The van der Waals surface area contributed by atoms with Gasteiger partial charge in [0.05, 0.1) is 36.9 Å². The molecule has 0 amide bonds. The van der Waals surface area contributed by atoms with Crippen LogP contribution in [-0.4, -0.2) is 58.8 Å². The van der Waals surface area contributed by atoms with E-state index in [2.05, 4.69) is 21.5 Å². The lowest BCUT2D eigenvalue weighted by Gasteiger charge is -2.30. The van der Waals surface area contributed by atoms with Gasteiger partial charge in [0, 0.05) is 42.7 Å². The Bertz CT molecular complexity index is 1680. The third kappa shape index (κ3) is 7.66. The molecule has 1 N–H and O–H groups in total. The highest BCUT2D eigenvalue weighted by molar-refractivity contribution is 7.92. The minimum Gasteiger partial charge on any atom is -0.497 e. The summed E-state index contributed by atoms with van der Waals surface area (Å²) in [5.74, 6) is 1.62. The molecule has 1 atom stereocenters. The number of aromatic nitrogens is 1. The van der Waals surface area contributed by atoms with Crippen molar-refractivity contribution in [1.29, 1.82) is 0 Å². The van der Waals surface area contributed by atoms with Crippen LogP contribution in [0.3, 0.4) is 0 Å². The van der Waals surface area contributed by atoms with Crippen LogP contribution in [0.25, 0.3) is 10.9 Å². The van der Waals surface area contributed by atoms with E-state index in [1.54, 1.807) is 37.4 Å². The second kappa shape index (κ2) is 13.5. The van der Waals surface area contributed by atoms with Gasteiger partial charge >= 0.3 is 0 Å². The molecular formula is C32H36FN3O6S. The Balaban J connectivity index is 1.25. The van der Waals surface area contributed by atoms with Crippen molar-refractivity contribution in [3.63, 3.8) is 0 Å². The maximum atomic E-state index is 15.0. The number of nitrogens with one attached hydrogen (secondary N) is 1. The first-order valence-electron chi connectivity index (χ1n) is 14.2. The molecule has 0 spiro atoms. The summed E-state index contributed by atoms with van der Waals surface area (Å²) in [6.45, 7) is 6.10. The number of anilines is 1. The Morgan fingerprint density at radius 2 is 1.86 bits per heavy atom. The lowest BCUT2D eigenvalue weighted by molar-refractivity contribution is 0.169. The normalized spacial score (nSPS) is 15.7. The van der Waals surface area contributed by atoms with E-state index in [9.17, 15) is 12.8 Å². The first kappa shape index (κ1) is 30.4. The summed E-state index contributed by atoms with van der Waals surface area (Å²) in [6.07, 6.45) is 3.44. The van der Waals surface area contributed by atoms with Gasteiger partial charge in [-0.2, -0.15) is 0 Å². The highest BCUT2D eigenvalue weighted by Gasteiger charge is 2.18. The highest BCUT2D eigenvalue weighted by Crippen LogP contribution is 2.34. The number of methoxy groups -OCH3 is 2. The lowest BCUT2D eigenvalue weighted by atomic mass is 10.0. The van der Waals surface area contributed by atoms with E-state index >= 15 is 0 Å². The van der Waals surface area contributed by atoms with Gasteiger partial charge in [0.2, 0.25) is 5.88 Å². The minimum atomic E-state index is -3.96. The summed E-state index contributed by atoms with van der Waals surface area (Å²) >= 11 is 0. The topological polar surface area (TPSA) is 99.2 Å². The number of pyridine rings is 1. The zero-order chi connectivity index (χ0) is 30.4. The molecule has 1 aliphatic heterocycles. The molecule has 1 aliphatic rings. The molecule has 9 nitrogen and oxygen atoms in total. The van der Waals surface area contributed by atoms with Gasteiger partial charge in [-0.1, -0.05) is 13.0 Å². The summed E-state index contributed by atoms with van der Waals surface area (Å²) in [5, 5.41) is 0.807. The summed E-state index contributed by atoms with van der Waals surface area (Å²) in [5.41, 5.74) is 0.643. The summed E-state index contributed by atoms with van der Waals surface area (Å²) < 4.78 is 65.3. The van der Waals surface area contributed by atoms with Crippen molar-refractivity contribution in [2.24, 2.45) is 5.92 Å². The van der Waals surface area contributed by atoms with Crippen LogP contribution < -0.4 is 23.7 Å². The molecule has 0 bridgehead atoms. The molecule has 11 heteroatoms. The Labute approximate surface area is 251 Å². The van der Waals surface area contributed by atoms with Crippen LogP contribution in [0.2, 0.25) is 0 Å². The number of rotatable bonds is 12. The lowest BCUT2D eigenvalue weighted by Crippen LogP contribution is -2.35. The molecule has 0 aliphatic carbocycles. The van der Waals surface area contributed by atoms with Crippen molar-refractivity contribution in [2.45, 2.75) is 31.1 Å². The molecule has 1 unspecified atom stereocenters. The van der Waals surface area contributed by atoms with Crippen molar-refractivity contribution in [1.82, 2.24) is 9.88 Å². The average Bonchev–Trinajstić information content (AvgIpc) is 3.00. The van der Waals surface area contributed by atoms with Crippen LogP contribution >= 0.6 is 0 Å². The van der Waals surface area contributed by atoms with Crippen LogP contribution in [0.5, 0.6) is 28.9 Å². The van der Waals surface area contributed by atoms with Crippen molar-refractivity contribution in [3.05, 3.63) is 72.5 Å². The number of piperidine rings is 1. The molecule has 43 heavy (non-hydrogen) atoms. The first-order valence-corrected chi connectivity index (χ1v) is 15.7. The van der Waals surface area contributed by atoms with E-state index in [0.29, 0.717) is 29.4 Å². The van der Waals surface area contributed by atoms with Crippen LogP contribution in [0.4, 0.5) is 10.1 Å². The Kier molecular flexibility index (Phi) is 9.52. The van der Waals surface area contributed by atoms with Gasteiger partial charge in [-0.05, 0) is 68.1 Å². The van der Waals surface area contributed by atoms with Gasteiger partial charge in [0.15, 0.2) is 23.1 Å². The monoisotopic (exact) mass is 609 g/mol.